The summed E-state index contributed by atoms with van der Waals surface area (Å²) in [5.41, 5.74) is 0. The van der Waals surface area contributed by atoms with Crippen LogP contribution in [-0.2, 0) is 4.74 Å². The molecule has 0 radical (unpaired) electrons. The molecule has 0 amide bonds. The van der Waals surface area contributed by atoms with Gasteiger partial charge in [-0.2, -0.15) is 0 Å². The van der Waals surface area contributed by atoms with Crippen molar-refractivity contribution < 1.29 is 4.74 Å². The summed E-state index contributed by atoms with van der Waals surface area (Å²) >= 11 is 1.89. The summed E-state index contributed by atoms with van der Waals surface area (Å²) in [5.74, 6) is 1.65. The Balaban J connectivity index is 1.75. The van der Waals surface area contributed by atoms with Crippen molar-refractivity contribution in [2.24, 2.45) is 10.9 Å². The molecule has 0 bridgehead atoms. The Hall–Kier alpha value is -1.20. The van der Waals surface area contributed by atoms with Gasteiger partial charge in [-0.1, -0.05) is 25.1 Å². The largest absolute Gasteiger partial charge is 0.381 e. The summed E-state index contributed by atoms with van der Waals surface area (Å²) in [5, 5.41) is 4.02. The van der Waals surface area contributed by atoms with Gasteiger partial charge in [0.25, 0.3) is 0 Å². The van der Waals surface area contributed by atoms with Crippen LogP contribution in [0.2, 0.25) is 0 Å². The van der Waals surface area contributed by atoms with Crippen LogP contribution >= 0.6 is 11.8 Å². The molecule has 0 spiro atoms. The highest BCUT2D eigenvalue weighted by atomic mass is 32.2. The second-order valence-electron chi connectivity index (χ2n) is 5.93. The molecule has 1 fully saturated rings. The standard InChI is InChI=1S/C18H29N3OS/c1-4-22-14-16-10-11-21(13-16)18(19-3)20-12-15(2)23-17-8-6-5-7-9-17/h5-9,15-16H,4,10-14H2,1-3H3,(H,19,20). The minimum atomic E-state index is 0.496. The maximum Gasteiger partial charge on any atom is 0.193 e. The molecule has 2 unspecified atom stereocenters. The summed E-state index contributed by atoms with van der Waals surface area (Å²) in [4.78, 5) is 8.11. The molecule has 1 aromatic rings. The van der Waals surface area contributed by atoms with E-state index in [1.807, 2.05) is 18.8 Å². The number of aliphatic imine (C=N–C) groups is 1. The first-order chi connectivity index (χ1) is 11.2. The molecule has 2 rings (SSSR count). The molecule has 1 aliphatic heterocycles. The highest BCUT2D eigenvalue weighted by Gasteiger charge is 2.25. The topological polar surface area (TPSA) is 36.9 Å². The predicted molar refractivity (Wildman–Crippen MR) is 99.3 cm³/mol. The van der Waals surface area contributed by atoms with Gasteiger partial charge in [-0.05, 0) is 25.5 Å². The van der Waals surface area contributed by atoms with Crippen LogP contribution in [0.5, 0.6) is 0 Å². The van der Waals surface area contributed by atoms with Crippen LogP contribution in [-0.4, -0.2) is 56.0 Å². The van der Waals surface area contributed by atoms with Crippen LogP contribution in [0.4, 0.5) is 0 Å². The predicted octanol–water partition coefficient (Wildman–Crippen LogP) is 3.10. The summed E-state index contributed by atoms with van der Waals surface area (Å²) in [6, 6.07) is 10.6. The number of nitrogens with zero attached hydrogens (tertiary/aromatic N) is 2. The third-order valence-electron chi connectivity index (χ3n) is 3.98. The average molecular weight is 336 g/mol. The molecule has 128 valence electrons. The molecule has 0 aromatic heterocycles. The number of thioether (sulfide) groups is 1. The Labute approximate surface area is 144 Å². The van der Waals surface area contributed by atoms with Crippen LogP contribution in [0.25, 0.3) is 0 Å². The van der Waals surface area contributed by atoms with Crippen molar-refractivity contribution in [3.8, 4) is 0 Å². The van der Waals surface area contributed by atoms with Gasteiger partial charge in [-0.3, -0.25) is 4.99 Å². The van der Waals surface area contributed by atoms with E-state index >= 15 is 0 Å². The number of likely N-dealkylation sites (tertiary alicyclic amines) is 1. The normalized spacial score (nSPS) is 19.9. The lowest BCUT2D eigenvalue weighted by molar-refractivity contribution is 0.114. The van der Waals surface area contributed by atoms with E-state index in [9.17, 15) is 0 Å². The van der Waals surface area contributed by atoms with Crippen LogP contribution in [0.15, 0.2) is 40.2 Å². The first kappa shape index (κ1) is 18.1. The summed E-state index contributed by atoms with van der Waals surface area (Å²) in [6.45, 7) is 9.00. The van der Waals surface area contributed by atoms with Crippen molar-refractivity contribution in [3.63, 3.8) is 0 Å². The monoisotopic (exact) mass is 335 g/mol. The number of nitrogens with one attached hydrogen (secondary N) is 1. The molecule has 4 nitrogen and oxygen atoms in total. The van der Waals surface area contributed by atoms with E-state index in [1.54, 1.807) is 0 Å². The van der Waals surface area contributed by atoms with E-state index in [0.717, 1.165) is 38.8 Å². The molecule has 23 heavy (non-hydrogen) atoms. The van der Waals surface area contributed by atoms with Crippen molar-refractivity contribution in [2.75, 3.05) is 39.9 Å². The Bertz CT molecular complexity index is 480. The van der Waals surface area contributed by atoms with E-state index in [2.05, 4.69) is 59.4 Å². The molecule has 0 saturated carbocycles. The van der Waals surface area contributed by atoms with E-state index < -0.39 is 0 Å². The zero-order chi connectivity index (χ0) is 16.5. The molecule has 1 aliphatic rings. The van der Waals surface area contributed by atoms with Crippen LogP contribution in [0.3, 0.4) is 0 Å². The van der Waals surface area contributed by atoms with Crippen molar-refractivity contribution in [1.29, 1.82) is 0 Å². The van der Waals surface area contributed by atoms with Gasteiger partial charge in [0.2, 0.25) is 0 Å². The number of ether oxygens (including phenoxy) is 1. The van der Waals surface area contributed by atoms with Crippen LogP contribution in [0, 0.1) is 5.92 Å². The van der Waals surface area contributed by atoms with Gasteiger partial charge in [0, 0.05) is 49.4 Å². The number of rotatable bonds is 7. The van der Waals surface area contributed by atoms with Crippen molar-refractivity contribution in [1.82, 2.24) is 10.2 Å². The molecule has 1 aromatic carbocycles. The van der Waals surface area contributed by atoms with E-state index in [4.69, 9.17) is 4.74 Å². The van der Waals surface area contributed by atoms with Gasteiger partial charge in [-0.15, -0.1) is 11.8 Å². The van der Waals surface area contributed by atoms with Gasteiger partial charge in [0.1, 0.15) is 0 Å². The van der Waals surface area contributed by atoms with Gasteiger partial charge in [0.15, 0.2) is 5.96 Å². The van der Waals surface area contributed by atoms with Crippen LogP contribution in [0.1, 0.15) is 20.3 Å². The summed E-state index contributed by atoms with van der Waals surface area (Å²) in [7, 11) is 1.87. The lowest BCUT2D eigenvalue weighted by Crippen LogP contribution is -2.42. The first-order valence-electron chi connectivity index (χ1n) is 8.48. The van der Waals surface area contributed by atoms with E-state index in [1.165, 1.54) is 11.3 Å². The Morgan fingerprint density at radius 1 is 1.43 bits per heavy atom. The quantitative estimate of drug-likeness (QED) is 0.472. The van der Waals surface area contributed by atoms with Gasteiger partial charge in [-0.25, -0.2) is 0 Å². The Morgan fingerprint density at radius 2 is 2.22 bits per heavy atom. The summed E-state index contributed by atoms with van der Waals surface area (Å²) in [6.07, 6.45) is 1.19. The smallest absolute Gasteiger partial charge is 0.193 e. The maximum atomic E-state index is 5.55. The molecule has 2 atom stereocenters. The lowest BCUT2D eigenvalue weighted by atomic mass is 10.1. The second-order valence-corrected chi connectivity index (χ2v) is 7.44. The summed E-state index contributed by atoms with van der Waals surface area (Å²) < 4.78 is 5.55. The molecular formula is C18H29N3OS. The highest BCUT2D eigenvalue weighted by molar-refractivity contribution is 8.00. The Morgan fingerprint density at radius 3 is 2.91 bits per heavy atom. The fourth-order valence-corrected chi connectivity index (χ4v) is 3.73. The molecular weight excluding hydrogens is 306 g/mol. The molecule has 1 N–H and O–H groups in total. The number of benzene rings is 1. The van der Waals surface area contributed by atoms with Gasteiger partial charge in [0.05, 0.1) is 6.61 Å². The van der Waals surface area contributed by atoms with Crippen molar-refractivity contribution in [2.45, 2.75) is 30.4 Å². The fourth-order valence-electron chi connectivity index (χ4n) is 2.79. The second kappa shape index (κ2) is 9.83. The van der Waals surface area contributed by atoms with E-state index in [0.29, 0.717) is 11.2 Å². The molecule has 0 aliphatic carbocycles. The van der Waals surface area contributed by atoms with Gasteiger partial charge < -0.3 is 15.0 Å². The first-order valence-corrected chi connectivity index (χ1v) is 9.36. The SMILES string of the molecule is CCOCC1CCN(C(=NC)NCC(C)Sc2ccccc2)C1. The third kappa shape index (κ3) is 6.07. The molecule has 5 heteroatoms. The maximum absolute atomic E-state index is 5.55. The highest BCUT2D eigenvalue weighted by Crippen LogP contribution is 2.22. The zero-order valence-corrected chi connectivity index (χ0v) is 15.3. The fraction of sp³-hybridized carbons (Fsp3) is 0.611. The Kier molecular flexibility index (Phi) is 7.76. The minimum Gasteiger partial charge on any atom is -0.381 e. The van der Waals surface area contributed by atoms with Crippen LogP contribution < -0.4 is 5.32 Å². The number of guanidine groups is 1. The molecule has 1 saturated heterocycles. The molecule has 1 heterocycles. The van der Waals surface area contributed by atoms with Crippen molar-refractivity contribution in [3.05, 3.63) is 30.3 Å². The number of hydrogen-bond donors (Lipinski definition) is 1. The minimum absolute atomic E-state index is 0.496. The number of hydrogen-bond acceptors (Lipinski definition) is 3. The van der Waals surface area contributed by atoms with Crippen molar-refractivity contribution >= 4 is 17.7 Å². The van der Waals surface area contributed by atoms with E-state index in [-0.39, 0.29) is 0 Å². The third-order valence-corrected chi connectivity index (χ3v) is 5.10. The average Bonchev–Trinajstić information content (AvgIpc) is 3.03. The van der Waals surface area contributed by atoms with Gasteiger partial charge >= 0.3 is 0 Å². The lowest BCUT2D eigenvalue weighted by Gasteiger charge is -2.23. The zero-order valence-electron chi connectivity index (χ0n) is 14.5.